The SMILES string of the molecule is CCn1c(=O)c(-c2cc(NC(=O)Nc3ccccc3)c(F)cc2F)cc2cnc(N)cc21. The molecule has 0 atom stereocenters. The number of pyridine rings is 2. The first-order valence-corrected chi connectivity index (χ1v) is 9.79. The van der Waals surface area contributed by atoms with Gasteiger partial charge in [-0.25, -0.2) is 18.6 Å². The van der Waals surface area contributed by atoms with Crippen LogP contribution >= 0.6 is 0 Å². The molecule has 0 aliphatic rings. The maximum atomic E-state index is 14.7. The van der Waals surface area contributed by atoms with E-state index in [0.29, 0.717) is 29.2 Å². The van der Waals surface area contributed by atoms with E-state index in [-0.39, 0.29) is 22.6 Å². The molecule has 2 amide bonds. The van der Waals surface area contributed by atoms with E-state index in [1.54, 1.807) is 43.3 Å². The van der Waals surface area contributed by atoms with Crippen LogP contribution in [0.5, 0.6) is 0 Å². The summed E-state index contributed by atoms with van der Waals surface area (Å²) in [5.74, 6) is -1.66. The van der Waals surface area contributed by atoms with E-state index in [1.807, 2.05) is 0 Å². The summed E-state index contributed by atoms with van der Waals surface area (Å²) in [5.41, 5.74) is 5.90. The number of carbonyl (C=O) groups excluding carboxylic acids is 1. The van der Waals surface area contributed by atoms with Crippen molar-refractivity contribution in [1.82, 2.24) is 9.55 Å². The van der Waals surface area contributed by atoms with Gasteiger partial charge >= 0.3 is 6.03 Å². The van der Waals surface area contributed by atoms with Crippen molar-refractivity contribution in [3.8, 4) is 11.1 Å². The minimum atomic E-state index is -0.972. The van der Waals surface area contributed by atoms with Crippen LogP contribution in [0.2, 0.25) is 0 Å². The maximum absolute atomic E-state index is 14.7. The second-order valence-electron chi connectivity index (χ2n) is 7.03. The van der Waals surface area contributed by atoms with Crippen LogP contribution in [0.25, 0.3) is 22.0 Å². The summed E-state index contributed by atoms with van der Waals surface area (Å²) in [6.45, 7) is 2.07. The van der Waals surface area contributed by atoms with Crippen molar-refractivity contribution in [3.05, 3.63) is 82.8 Å². The molecule has 0 saturated carbocycles. The van der Waals surface area contributed by atoms with Crippen molar-refractivity contribution in [3.63, 3.8) is 0 Å². The highest BCUT2D eigenvalue weighted by Gasteiger charge is 2.18. The number of anilines is 3. The van der Waals surface area contributed by atoms with E-state index in [9.17, 15) is 18.4 Å². The highest BCUT2D eigenvalue weighted by atomic mass is 19.1. The number of nitrogen functional groups attached to an aromatic ring is 1. The molecule has 9 heteroatoms. The van der Waals surface area contributed by atoms with E-state index in [4.69, 9.17) is 5.73 Å². The van der Waals surface area contributed by atoms with Gasteiger partial charge in [0.25, 0.3) is 5.56 Å². The zero-order valence-corrected chi connectivity index (χ0v) is 17.0. The number of hydrogen-bond acceptors (Lipinski definition) is 4. The predicted octanol–water partition coefficient (Wildman–Crippen LogP) is 4.59. The van der Waals surface area contributed by atoms with E-state index in [0.717, 1.165) is 6.07 Å². The number of nitrogens with one attached hydrogen (secondary N) is 2. The molecule has 0 aliphatic heterocycles. The number of nitrogens with zero attached hydrogens (tertiary/aromatic N) is 2. The van der Waals surface area contributed by atoms with Crippen LogP contribution < -0.4 is 21.9 Å². The third-order valence-electron chi connectivity index (χ3n) is 4.94. The number of nitrogens with two attached hydrogens (primary N) is 1. The fraction of sp³-hybridized carbons (Fsp3) is 0.0870. The number of benzene rings is 2. The largest absolute Gasteiger partial charge is 0.384 e. The minimum absolute atomic E-state index is 0.00920. The molecule has 2 aromatic carbocycles. The lowest BCUT2D eigenvalue weighted by Crippen LogP contribution is -2.22. The zero-order chi connectivity index (χ0) is 22.8. The van der Waals surface area contributed by atoms with Crippen LogP contribution in [-0.4, -0.2) is 15.6 Å². The number of rotatable bonds is 4. The van der Waals surface area contributed by atoms with Gasteiger partial charge in [-0.15, -0.1) is 0 Å². The fourth-order valence-electron chi connectivity index (χ4n) is 3.45. The van der Waals surface area contributed by atoms with E-state index < -0.39 is 23.2 Å². The maximum Gasteiger partial charge on any atom is 0.323 e. The van der Waals surface area contributed by atoms with Crippen molar-refractivity contribution in [2.24, 2.45) is 0 Å². The molecule has 0 spiro atoms. The Kier molecular flexibility index (Phi) is 5.55. The topological polar surface area (TPSA) is 102 Å². The second-order valence-corrected chi connectivity index (χ2v) is 7.03. The average molecular weight is 435 g/mol. The predicted molar refractivity (Wildman–Crippen MR) is 121 cm³/mol. The van der Waals surface area contributed by atoms with Gasteiger partial charge in [0.2, 0.25) is 0 Å². The molecule has 0 aliphatic carbocycles. The summed E-state index contributed by atoms with van der Waals surface area (Å²) in [5, 5.41) is 5.48. The van der Waals surface area contributed by atoms with E-state index in [1.165, 1.54) is 16.8 Å². The van der Waals surface area contributed by atoms with Gasteiger partial charge < -0.3 is 20.9 Å². The Morgan fingerprint density at radius 2 is 1.78 bits per heavy atom. The highest BCUT2D eigenvalue weighted by molar-refractivity contribution is 6.00. The minimum Gasteiger partial charge on any atom is -0.384 e. The number of aromatic nitrogens is 2. The van der Waals surface area contributed by atoms with E-state index in [2.05, 4.69) is 15.6 Å². The Labute approximate surface area is 181 Å². The van der Waals surface area contributed by atoms with Crippen LogP contribution in [0.3, 0.4) is 0 Å². The number of carbonyl (C=O) groups is 1. The van der Waals surface area contributed by atoms with Crippen molar-refractivity contribution in [1.29, 1.82) is 0 Å². The van der Waals surface area contributed by atoms with Gasteiger partial charge in [-0.1, -0.05) is 18.2 Å². The van der Waals surface area contributed by atoms with Crippen molar-refractivity contribution < 1.29 is 13.6 Å². The highest BCUT2D eigenvalue weighted by Crippen LogP contribution is 2.29. The number of fused-ring (bicyclic) bond motifs is 1. The summed E-state index contributed by atoms with van der Waals surface area (Å²) in [4.78, 5) is 29.4. The van der Waals surface area contributed by atoms with Gasteiger partial charge in [-0.2, -0.15) is 0 Å². The Balaban J connectivity index is 1.77. The Bertz CT molecular complexity index is 1390. The summed E-state index contributed by atoms with van der Waals surface area (Å²) in [6, 6.07) is 12.6. The molecule has 162 valence electrons. The van der Waals surface area contributed by atoms with Crippen LogP contribution in [0.15, 0.2) is 65.6 Å². The molecule has 4 aromatic rings. The monoisotopic (exact) mass is 435 g/mol. The van der Waals surface area contributed by atoms with Gasteiger partial charge in [-0.05, 0) is 31.2 Å². The molecule has 7 nitrogen and oxygen atoms in total. The number of amides is 2. The first kappa shape index (κ1) is 21.0. The number of hydrogen-bond donors (Lipinski definition) is 3. The van der Waals surface area contributed by atoms with Gasteiger partial charge in [0.15, 0.2) is 0 Å². The standard InChI is InChI=1S/C23H19F2N5O2/c1-2-30-20-11-21(26)27-12-13(20)8-16(22(30)31)15-9-19(18(25)10-17(15)24)29-23(32)28-14-6-4-3-5-7-14/h3-12H,2H2,1H3,(H2,26,27)(H2,28,29,32). The second kappa shape index (κ2) is 8.46. The molecule has 0 fully saturated rings. The van der Waals surface area contributed by atoms with Crippen LogP contribution in [0.4, 0.5) is 30.8 Å². The number of urea groups is 1. The van der Waals surface area contributed by atoms with Gasteiger partial charge in [0.1, 0.15) is 17.5 Å². The lowest BCUT2D eigenvalue weighted by molar-refractivity contribution is 0.262. The normalized spacial score (nSPS) is 10.8. The first-order chi connectivity index (χ1) is 15.4. The number of halogens is 2. The summed E-state index contributed by atoms with van der Waals surface area (Å²) < 4.78 is 30.6. The summed E-state index contributed by atoms with van der Waals surface area (Å²) in [7, 11) is 0. The zero-order valence-electron chi connectivity index (χ0n) is 17.0. The number of aryl methyl sites for hydroxylation is 1. The lowest BCUT2D eigenvalue weighted by Gasteiger charge is -2.14. The summed E-state index contributed by atoms with van der Waals surface area (Å²) in [6.07, 6.45) is 1.48. The molecular formula is C23H19F2N5O2. The van der Waals surface area contributed by atoms with E-state index >= 15 is 0 Å². The molecular weight excluding hydrogens is 416 g/mol. The van der Waals surface area contributed by atoms with Crippen molar-refractivity contribution in [2.75, 3.05) is 16.4 Å². The molecule has 32 heavy (non-hydrogen) atoms. The molecule has 4 N–H and O–H groups in total. The Morgan fingerprint density at radius 1 is 1.03 bits per heavy atom. The molecule has 2 heterocycles. The fourth-order valence-corrected chi connectivity index (χ4v) is 3.45. The third kappa shape index (κ3) is 4.00. The molecule has 0 bridgehead atoms. The first-order valence-electron chi connectivity index (χ1n) is 9.79. The Hall–Kier alpha value is -4.27. The molecule has 2 aromatic heterocycles. The molecule has 0 unspecified atom stereocenters. The molecule has 4 rings (SSSR count). The smallest absolute Gasteiger partial charge is 0.323 e. The molecule has 0 saturated heterocycles. The molecule has 0 radical (unpaired) electrons. The lowest BCUT2D eigenvalue weighted by atomic mass is 10.0. The Morgan fingerprint density at radius 3 is 2.50 bits per heavy atom. The van der Waals surface area contributed by atoms with Crippen molar-refractivity contribution >= 4 is 34.1 Å². The third-order valence-corrected chi connectivity index (χ3v) is 4.94. The van der Waals surface area contributed by atoms with Gasteiger partial charge in [0.05, 0.1) is 16.8 Å². The van der Waals surface area contributed by atoms with Crippen LogP contribution in [0, 0.1) is 11.6 Å². The van der Waals surface area contributed by atoms with Crippen molar-refractivity contribution in [2.45, 2.75) is 13.5 Å². The van der Waals surface area contributed by atoms with Crippen LogP contribution in [-0.2, 0) is 6.54 Å². The average Bonchev–Trinajstić information content (AvgIpc) is 2.76. The van der Waals surface area contributed by atoms with Gasteiger partial charge in [0, 0.05) is 41.5 Å². The van der Waals surface area contributed by atoms with Crippen LogP contribution in [0.1, 0.15) is 6.92 Å². The summed E-state index contributed by atoms with van der Waals surface area (Å²) >= 11 is 0. The quantitative estimate of drug-likeness (QED) is 0.436. The number of para-hydroxylation sites is 1. The van der Waals surface area contributed by atoms with Gasteiger partial charge in [-0.3, -0.25) is 4.79 Å².